The predicted octanol–water partition coefficient (Wildman–Crippen LogP) is 1.96. The lowest BCUT2D eigenvalue weighted by Gasteiger charge is -2.29. The Labute approximate surface area is 93.5 Å². The summed E-state index contributed by atoms with van der Waals surface area (Å²) in [5.41, 5.74) is 0.147. The molecule has 1 rings (SSSR count). The van der Waals surface area contributed by atoms with Crippen LogP contribution in [0.1, 0.15) is 40.0 Å². The van der Waals surface area contributed by atoms with Gasteiger partial charge in [0.2, 0.25) is 0 Å². The summed E-state index contributed by atoms with van der Waals surface area (Å²) in [6, 6.07) is 0. The quantitative estimate of drug-likeness (QED) is 0.659. The van der Waals surface area contributed by atoms with Crippen molar-refractivity contribution in [3.05, 3.63) is 0 Å². The minimum absolute atomic E-state index is 0.147. The molecular weight excluding hydrogens is 190 g/mol. The molecule has 0 aromatic heterocycles. The third-order valence-electron chi connectivity index (χ3n) is 3.30. The largest absolute Gasteiger partial charge is 0.380 e. The first kappa shape index (κ1) is 12.9. The Morgan fingerprint density at radius 3 is 2.87 bits per heavy atom. The van der Waals surface area contributed by atoms with E-state index in [0.717, 1.165) is 39.2 Å². The SMILES string of the molecule is CCCCOCCNC1(C)CCOC1C. The van der Waals surface area contributed by atoms with Crippen LogP contribution in [0.2, 0.25) is 0 Å². The molecule has 0 saturated carbocycles. The Hall–Kier alpha value is -0.120. The second-order valence-electron chi connectivity index (χ2n) is 4.57. The van der Waals surface area contributed by atoms with Crippen molar-refractivity contribution in [2.75, 3.05) is 26.4 Å². The van der Waals surface area contributed by atoms with Gasteiger partial charge in [0.15, 0.2) is 0 Å². The third-order valence-corrected chi connectivity index (χ3v) is 3.30. The third kappa shape index (κ3) is 4.09. The van der Waals surface area contributed by atoms with Gasteiger partial charge < -0.3 is 14.8 Å². The first-order chi connectivity index (χ1) is 7.19. The van der Waals surface area contributed by atoms with Crippen molar-refractivity contribution in [1.29, 1.82) is 0 Å². The minimum Gasteiger partial charge on any atom is -0.380 e. The van der Waals surface area contributed by atoms with Gasteiger partial charge in [-0.2, -0.15) is 0 Å². The van der Waals surface area contributed by atoms with E-state index >= 15 is 0 Å². The lowest BCUT2D eigenvalue weighted by molar-refractivity contribution is 0.0801. The van der Waals surface area contributed by atoms with Crippen molar-refractivity contribution in [3.63, 3.8) is 0 Å². The summed E-state index contributed by atoms with van der Waals surface area (Å²) in [5.74, 6) is 0. The summed E-state index contributed by atoms with van der Waals surface area (Å²) < 4.78 is 11.1. The highest BCUT2D eigenvalue weighted by molar-refractivity contribution is 4.93. The molecule has 3 nitrogen and oxygen atoms in total. The molecule has 1 fully saturated rings. The van der Waals surface area contributed by atoms with Crippen LogP contribution >= 0.6 is 0 Å². The van der Waals surface area contributed by atoms with Crippen molar-refractivity contribution in [3.8, 4) is 0 Å². The molecule has 90 valence electrons. The summed E-state index contributed by atoms with van der Waals surface area (Å²) >= 11 is 0. The van der Waals surface area contributed by atoms with E-state index in [1.165, 1.54) is 6.42 Å². The first-order valence-corrected chi connectivity index (χ1v) is 6.13. The number of ether oxygens (including phenoxy) is 2. The van der Waals surface area contributed by atoms with Crippen LogP contribution in [-0.2, 0) is 9.47 Å². The fraction of sp³-hybridized carbons (Fsp3) is 1.00. The van der Waals surface area contributed by atoms with E-state index in [9.17, 15) is 0 Å². The van der Waals surface area contributed by atoms with E-state index in [2.05, 4.69) is 26.1 Å². The molecule has 0 aliphatic carbocycles. The minimum atomic E-state index is 0.147. The maximum absolute atomic E-state index is 5.56. The maximum Gasteiger partial charge on any atom is 0.0726 e. The molecule has 1 N–H and O–H groups in total. The predicted molar refractivity (Wildman–Crippen MR) is 62.2 cm³/mol. The molecule has 1 aliphatic heterocycles. The normalized spacial score (nSPS) is 31.0. The molecule has 0 aromatic carbocycles. The van der Waals surface area contributed by atoms with Gasteiger partial charge in [0.05, 0.1) is 12.7 Å². The molecule has 15 heavy (non-hydrogen) atoms. The number of hydrogen-bond donors (Lipinski definition) is 1. The molecule has 1 saturated heterocycles. The van der Waals surface area contributed by atoms with E-state index in [-0.39, 0.29) is 5.54 Å². The molecular formula is C12H25NO2. The molecule has 3 heteroatoms. The van der Waals surface area contributed by atoms with Gasteiger partial charge >= 0.3 is 0 Å². The lowest BCUT2D eigenvalue weighted by Crippen LogP contribution is -2.48. The summed E-state index contributed by atoms with van der Waals surface area (Å²) in [5, 5.41) is 3.53. The second kappa shape index (κ2) is 6.46. The Bertz CT molecular complexity index is 175. The highest BCUT2D eigenvalue weighted by Gasteiger charge is 2.35. The van der Waals surface area contributed by atoms with Gasteiger partial charge in [-0.1, -0.05) is 13.3 Å². The van der Waals surface area contributed by atoms with Crippen molar-refractivity contribution in [1.82, 2.24) is 5.32 Å². The van der Waals surface area contributed by atoms with Gasteiger partial charge in [0.1, 0.15) is 0 Å². The highest BCUT2D eigenvalue weighted by Crippen LogP contribution is 2.24. The topological polar surface area (TPSA) is 30.5 Å². The average molecular weight is 215 g/mol. The molecule has 2 unspecified atom stereocenters. The summed E-state index contributed by atoms with van der Waals surface area (Å²) in [6.45, 7) is 10.0. The highest BCUT2D eigenvalue weighted by atomic mass is 16.5. The van der Waals surface area contributed by atoms with E-state index in [1.54, 1.807) is 0 Å². The zero-order chi connectivity index (χ0) is 11.1. The first-order valence-electron chi connectivity index (χ1n) is 6.13. The van der Waals surface area contributed by atoms with Crippen LogP contribution < -0.4 is 5.32 Å². The van der Waals surface area contributed by atoms with Crippen LogP contribution in [0.4, 0.5) is 0 Å². The van der Waals surface area contributed by atoms with Gasteiger partial charge in [-0.15, -0.1) is 0 Å². The molecule has 1 heterocycles. The number of nitrogens with one attached hydrogen (secondary N) is 1. The summed E-state index contributed by atoms with van der Waals surface area (Å²) in [7, 11) is 0. The smallest absolute Gasteiger partial charge is 0.0726 e. The van der Waals surface area contributed by atoms with E-state index in [4.69, 9.17) is 9.47 Å². The number of rotatable bonds is 7. The molecule has 0 aromatic rings. The van der Waals surface area contributed by atoms with E-state index in [0.29, 0.717) is 6.10 Å². The van der Waals surface area contributed by atoms with E-state index < -0.39 is 0 Å². The lowest BCUT2D eigenvalue weighted by atomic mass is 9.95. The van der Waals surface area contributed by atoms with Gasteiger partial charge in [-0.25, -0.2) is 0 Å². The van der Waals surface area contributed by atoms with Crippen LogP contribution in [0.5, 0.6) is 0 Å². The second-order valence-corrected chi connectivity index (χ2v) is 4.57. The van der Waals surface area contributed by atoms with Gasteiger partial charge in [0.25, 0.3) is 0 Å². The van der Waals surface area contributed by atoms with Crippen molar-refractivity contribution >= 4 is 0 Å². The van der Waals surface area contributed by atoms with Crippen LogP contribution in [0, 0.1) is 0 Å². The zero-order valence-corrected chi connectivity index (χ0v) is 10.3. The Balaban J connectivity index is 2.04. The fourth-order valence-corrected chi connectivity index (χ4v) is 1.82. The molecule has 0 amide bonds. The molecule has 0 spiro atoms. The van der Waals surface area contributed by atoms with Crippen molar-refractivity contribution in [2.45, 2.75) is 51.7 Å². The van der Waals surface area contributed by atoms with Gasteiger partial charge in [-0.05, 0) is 26.7 Å². The summed E-state index contributed by atoms with van der Waals surface area (Å²) in [6.07, 6.45) is 3.78. The monoisotopic (exact) mass is 215 g/mol. The van der Waals surface area contributed by atoms with Crippen LogP contribution in [0.15, 0.2) is 0 Å². The average Bonchev–Trinajstić information content (AvgIpc) is 2.54. The Kier molecular flexibility index (Phi) is 5.58. The van der Waals surface area contributed by atoms with Gasteiger partial charge in [-0.3, -0.25) is 0 Å². The zero-order valence-electron chi connectivity index (χ0n) is 10.3. The standard InChI is InChI=1S/C12H25NO2/c1-4-5-8-14-10-7-13-12(3)6-9-15-11(12)2/h11,13H,4-10H2,1-3H3. The molecule has 2 atom stereocenters. The Morgan fingerprint density at radius 1 is 1.47 bits per heavy atom. The Morgan fingerprint density at radius 2 is 2.27 bits per heavy atom. The van der Waals surface area contributed by atoms with Crippen LogP contribution in [0.3, 0.4) is 0 Å². The van der Waals surface area contributed by atoms with E-state index in [1.807, 2.05) is 0 Å². The number of hydrogen-bond acceptors (Lipinski definition) is 3. The van der Waals surface area contributed by atoms with Crippen LogP contribution in [-0.4, -0.2) is 38.0 Å². The van der Waals surface area contributed by atoms with Crippen LogP contribution in [0.25, 0.3) is 0 Å². The maximum atomic E-state index is 5.56. The molecule has 0 radical (unpaired) electrons. The number of unbranched alkanes of at least 4 members (excludes halogenated alkanes) is 1. The fourth-order valence-electron chi connectivity index (χ4n) is 1.82. The molecule has 0 bridgehead atoms. The van der Waals surface area contributed by atoms with Crippen molar-refractivity contribution < 1.29 is 9.47 Å². The van der Waals surface area contributed by atoms with Crippen molar-refractivity contribution in [2.24, 2.45) is 0 Å². The van der Waals surface area contributed by atoms with Gasteiger partial charge in [0, 0.05) is 25.3 Å². The summed E-state index contributed by atoms with van der Waals surface area (Å²) in [4.78, 5) is 0. The molecule has 1 aliphatic rings.